The van der Waals surface area contributed by atoms with E-state index < -0.39 is 17.6 Å². The van der Waals surface area contributed by atoms with Crippen molar-refractivity contribution in [2.75, 3.05) is 31.8 Å². The van der Waals surface area contributed by atoms with Gasteiger partial charge in [-0.3, -0.25) is 14.6 Å². The van der Waals surface area contributed by atoms with Crippen LogP contribution in [0.15, 0.2) is 36.5 Å². The molecule has 0 radical (unpaired) electrons. The Morgan fingerprint density at radius 1 is 1.29 bits per heavy atom. The van der Waals surface area contributed by atoms with Crippen molar-refractivity contribution in [3.05, 3.63) is 47.8 Å². The lowest BCUT2D eigenvalue weighted by Crippen LogP contribution is -2.49. The quantitative estimate of drug-likeness (QED) is 0.658. The van der Waals surface area contributed by atoms with E-state index in [0.29, 0.717) is 22.7 Å². The number of rotatable bonds is 4. The van der Waals surface area contributed by atoms with E-state index in [1.807, 2.05) is 0 Å². The van der Waals surface area contributed by atoms with Crippen molar-refractivity contribution in [3.8, 4) is 23.3 Å². The Morgan fingerprint density at radius 2 is 2.12 bits per heavy atom. The van der Waals surface area contributed by atoms with Crippen molar-refractivity contribution >= 4 is 17.5 Å². The minimum Gasteiger partial charge on any atom is -0.490 e. The minimum atomic E-state index is -1.13. The van der Waals surface area contributed by atoms with Crippen LogP contribution < -0.4 is 19.7 Å². The molecule has 2 N–H and O–H groups in total. The van der Waals surface area contributed by atoms with Crippen molar-refractivity contribution in [3.63, 3.8) is 0 Å². The first-order valence-corrected chi connectivity index (χ1v) is 11.2. The maximum absolute atomic E-state index is 13.1. The zero-order valence-electron chi connectivity index (χ0n) is 18.7. The Kier molecular flexibility index (Phi) is 5.86. The number of amides is 2. The largest absolute Gasteiger partial charge is 0.490 e. The average Bonchev–Trinajstić information content (AvgIpc) is 2.91. The highest BCUT2D eigenvalue weighted by Crippen LogP contribution is 2.32. The van der Waals surface area contributed by atoms with Crippen LogP contribution in [0.4, 0.5) is 5.69 Å². The van der Waals surface area contributed by atoms with E-state index in [1.54, 1.807) is 37.4 Å². The fourth-order valence-corrected chi connectivity index (χ4v) is 3.76. The lowest BCUT2D eigenvalue weighted by atomic mass is 9.96. The number of ether oxygens (including phenoxy) is 3. The van der Waals surface area contributed by atoms with Gasteiger partial charge in [0.15, 0.2) is 5.60 Å². The van der Waals surface area contributed by atoms with Gasteiger partial charge >= 0.3 is 0 Å². The van der Waals surface area contributed by atoms with E-state index in [2.05, 4.69) is 22.1 Å². The molecule has 5 rings (SSSR count). The van der Waals surface area contributed by atoms with Gasteiger partial charge in [0.2, 0.25) is 0 Å². The predicted octanol–water partition coefficient (Wildman–Crippen LogP) is 1.28. The van der Waals surface area contributed by atoms with Crippen LogP contribution in [0.3, 0.4) is 0 Å². The number of pyridine rings is 1. The van der Waals surface area contributed by atoms with Gasteiger partial charge in [0, 0.05) is 24.9 Å². The van der Waals surface area contributed by atoms with Crippen molar-refractivity contribution in [1.82, 2.24) is 10.3 Å². The van der Waals surface area contributed by atoms with Gasteiger partial charge in [-0.05, 0) is 43.5 Å². The molecule has 34 heavy (non-hydrogen) atoms. The number of hydrogen-bond acceptors (Lipinski definition) is 7. The van der Waals surface area contributed by atoms with E-state index in [1.165, 1.54) is 11.1 Å². The molecule has 1 aromatic heterocycles. The Bertz CT molecular complexity index is 1180. The second-order valence-electron chi connectivity index (χ2n) is 8.74. The van der Waals surface area contributed by atoms with Gasteiger partial charge in [0.05, 0.1) is 25.0 Å². The number of fused-ring (bicyclic) bond motifs is 1. The van der Waals surface area contributed by atoms with Crippen molar-refractivity contribution in [2.24, 2.45) is 0 Å². The lowest BCUT2D eigenvalue weighted by molar-refractivity contribution is -0.140. The molecular weight excluding hydrogens is 438 g/mol. The van der Waals surface area contributed by atoms with Crippen LogP contribution in [0, 0.1) is 11.8 Å². The first kappa shape index (κ1) is 22.2. The minimum absolute atomic E-state index is 0.0255. The molecule has 2 fully saturated rings. The van der Waals surface area contributed by atoms with E-state index in [0.717, 1.165) is 19.3 Å². The predicted molar refractivity (Wildman–Crippen MR) is 122 cm³/mol. The van der Waals surface area contributed by atoms with Crippen LogP contribution in [0.2, 0.25) is 0 Å². The molecule has 2 amide bonds. The molecule has 3 aliphatic rings. The Morgan fingerprint density at radius 3 is 2.82 bits per heavy atom. The molecule has 1 aliphatic carbocycles. The topological polar surface area (TPSA) is 110 Å². The first-order chi connectivity index (χ1) is 16.4. The molecule has 1 saturated carbocycles. The summed E-state index contributed by atoms with van der Waals surface area (Å²) in [4.78, 5) is 31.5. The summed E-state index contributed by atoms with van der Waals surface area (Å²) in [5.74, 6) is 5.99. The third-order valence-electron chi connectivity index (χ3n) is 6.10. The lowest BCUT2D eigenvalue weighted by Gasteiger charge is -2.30. The number of likely N-dealkylation sites (N-methyl/N-ethyl adjacent to an activating group) is 1. The molecule has 1 saturated heterocycles. The maximum Gasteiger partial charge on any atom is 0.270 e. The summed E-state index contributed by atoms with van der Waals surface area (Å²) in [6.45, 7) is 0.332. The molecule has 0 bridgehead atoms. The third kappa shape index (κ3) is 4.55. The van der Waals surface area contributed by atoms with Gasteiger partial charge in [-0.25, -0.2) is 0 Å². The number of aromatic nitrogens is 1. The van der Waals surface area contributed by atoms with E-state index in [-0.39, 0.29) is 37.5 Å². The molecule has 1 atom stereocenters. The van der Waals surface area contributed by atoms with Gasteiger partial charge in [0.25, 0.3) is 11.8 Å². The summed E-state index contributed by atoms with van der Waals surface area (Å²) >= 11 is 0. The summed E-state index contributed by atoms with van der Waals surface area (Å²) in [5, 5.41) is 12.8. The van der Waals surface area contributed by atoms with Crippen LogP contribution in [0.1, 0.15) is 35.3 Å². The zero-order chi connectivity index (χ0) is 23.7. The van der Waals surface area contributed by atoms with Crippen molar-refractivity contribution in [2.45, 2.75) is 37.0 Å². The molecule has 0 spiro atoms. The Balaban J connectivity index is 1.28. The van der Waals surface area contributed by atoms with Gasteiger partial charge in [-0.1, -0.05) is 11.8 Å². The second kappa shape index (κ2) is 8.97. The smallest absolute Gasteiger partial charge is 0.270 e. The van der Waals surface area contributed by atoms with Crippen LogP contribution in [0.5, 0.6) is 11.5 Å². The molecule has 3 heterocycles. The number of anilines is 1. The molecule has 1 unspecified atom stereocenters. The summed E-state index contributed by atoms with van der Waals surface area (Å²) in [6, 6.07) is 7.60. The molecule has 176 valence electrons. The normalized spacial score (nSPS) is 20.9. The monoisotopic (exact) mass is 463 g/mol. The molecule has 1 aromatic carbocycles. The molecular formula is C25H25N3O6. The maximum atomic E-state index is 13.1. The zero-order valence-corrected chi connectivity index (χ0v) is 18.7. The Hall–Kier alpha value is -3.61. The highest BCUT2D eigenvalue weighted by atomic mass is 16.5. The average molecular weight is 463 g/mol. The van der Waals surface area contributed by atoms with Gasteiger partial charge in [0.1, 0.15) is 29.8 Å². The number of nitrogens with zero attached hydrogens (tertiary/aromatic N) is 2. The fourth-order valence-electron chi connectivity index (χ4n) is 3.76. The van der Waals surface area contributed by atoms with E-state index in [9.17, 15) is 14.7 Å². The highest BCUT2D eigenvalue weighted by molar-refractivity contribution is 6.03. The summed E-state index contributed by atoms with van der Waals surface area (Å²) in [6.07, 6.45) is 4.86. The number of carbonyl (C=O) groups excluding carboxylic acids is 2. The third-order valence-corrected chi connectivity index (χ3v) is 6.10. The van der Waals surface area contributed by atoms with Crippen LogP contribution in [-0.2, 0) is 9.53 Å². The van der Waals surface area contributed by atoms with Crippen molar-refractivity contribution in [1.29, 1.82) is 0 Å². The molecule has 2 aromatic rings. The number of hydrogen-bond donors (Lipinski definition) is 2. The summed E-state index contributed by atoms with van der Waals surface area (Å²) in [7, 11) is 1.62. The number of benzene rings is 1. The van der Waals surface area contributed by atoms with Gasteiger partial charge in [-0.15, -0.1) is 0 Å². The second-order valence-corrected chi connectivity index (χ2v) is 8.74. The van der Waals surface area contributed by atoms with Gasteiger partial charge < -0.3 is 29.5 Å². The Labute approximate surface area is 197 Å². The van der Waals surface area contributed by atoms with Crippen LogP contribution in [-0.4, -0.2) is 66.5 Å². The summed E-state index contributed by atoms with van der Waals surface area (Å²) < 4.78 is 16.7. The number of aliphatic hydroxyl groups is 1. The number of nitrogens with one attached hydrogen (secondary N) is 1. The molecule has 9 nitrogen and oxygen atoms in total. The van der Waals surface area contributed by atoms with Crippen molar-refractivity contribution < 1.29 is 28.9 Å². The first-order valence-electron chi connectivity index (χ1n) is 11.2. The standard InChI is InChI=1S/C25H25N3O6/c1-28-21-11-16(7-9-25(31)14-32-15-25)5-6-22(21)33-13-20(24(28)30)27-23(29)19-12-18(8-10-26-19)34-17-3-2-4-17/h5-6,8,10-12,17,20,31H,2-4,13-15H2,1H3,(H,27,29). The van der Waals surface area contributed by atoms with E-state index in [4.69, 9.17) is 14.2 Å². The van der Waals surface area contributed by atoms with Crippen LogP contribution in [0.25, 0.3) is 0 Å². The van der Waals surface area contributed by atoms with Gasteiger partial charge in [-0.2, -0.15) is 0 Å². The van der Waals surface area contributed by atoms with E-state index >= 15 is 0 Å². The molecule has 2 aliphatic heterocycles. The molecule has 9 heteroatoms. The summed E-state index contributed by atoms with van der Waals surface area (Å²) in [5.41, 5.74) is 0.190. The van der Waals surface area contributed by atoms with Crippen LogP contribution >= 0.6 is 0 Å². The fraction of sp³-hybridized carbons (Fsp3) is 0.400. The SMILES string of the molecule is CN1C(=O)C(NC(=O)c2cc(OC3CCC3)ccn2)COc2ccc(C#CC3(O)COC3)cc21. The highest BCUT2D eigenvalue weighted by Gasteiger charge is 2.34. The number of carbonyl (C=O) groups is 2.